The molecule has 4 rings (SSSR count). The van der Waals surface area contributed by atoms with Gasteiger partial charge >= 0.3 is 5.97 Å². The fourth-order valence-electron chi connectivity index (χ4n) is 4.19. The molecule has 0 saturated carbocycles. The van der Waals surface area contributed by atoms with Crippen LogP contribution in [0.3, 0.4) is 0 Å². The van der Waals surface area contributed by atoms with Crippen molar-refractivity contribution in [3.05, 3.63) is 71.1 Å². The van der Waals surface area contributed by atoms with E-state index >= 15 is 0 Å². The highest BCUT2D eigenvalue weighted by Gasteiger charge is 2.28. The predicted octanol–water partition coefficient (Wildman–Crippen LogP) is 5.31. The lowest BCUT2D eigenvalue weighted by Crippen LogP contribution is -2.37. The van der Waals surface area contributed by atoms with Gasteiger partial charge in [0, 0.05) is 29.6 Å². The summed E-state index contributed by atoms with van der Waals surface area (Å²) in [5, 5.41) is 5.47. The molecule has 2 aromatic carbocycles. The Labute approximate surface area is 216 Å². The maximum atomic E-state index is 13.1. The van der Waals surface area contributed by atoms with E-state index in [4.69, 9.17) is 4.74 Å². The Morgan fingerprint density at radius 3 is 2.50 bits per heavy atom. The predicted molar refractivity (Wildman–Crippen MR) is 142 cm³/mol. The average molecular weight is 527 g/mol. The molecule has 9 heteroatoms. The van der Waals surface area contributed by atoms with Crippen LogP contribution in [0.5, 0.6) is 0 Å². The summed E-state index contributed by atoms with van der Waals surface area (Å²) in [5.41, 5.74) is 2.29. The van der Waals surface area contributed by atoms with E-state index in [1.165, 1.54) is 27.8 Å². The van der Waals surface area contributed by atoms with Crippen LogP contribution in [-0.2, 0) is 14.8 Å². The van der Waals surface area contributed by atoms with Crippen molar-refractivity contribution in [2.45, 2.75) is 31.6 Å². The molecular formula is C27H30N2O5S2. The number of nitrogens with zero attached hydrogens (tertiary/aromatic N) is 1. The van der Waals surface area contributed by atoms with E-state index in [1.54, 1.807) is 19.1 Å². The molecule has 0 spiro atoms. The van der Waals surface area contributed by atoms with Gasteiger partial charge in [-0.1, -0.05) is 49.4 Å². The molecule has 3 aromatic rings. The van der Waals surface area contributed by atoms with Crippen molar-refractivity contribution in [3.63, 3.8) is 0 Å². The molecular weight excluding hydrogens is 496 g/mol. The molecule has 0 bridgehead atoms. The van der Waals surface area contributed by atoms with Crippen LogP contribution >= 0.6 is 11.3 Å². The third kappa shape index (κ3) is 5.69. The van der Waals surface area contributed by atoms with Gasteiger partial charge in [0.25, 0.3) is 0 Å². The Hall–Kier alpha value is -3.01. The van der Waals surface area contributed by atoms with Crippen molar-refractivity contribution >= 4 is 38.1 Å². The highest BCUT2D eigenvalue weighted by atomic mass is 32.2. The summed E-state index contributed by atoms with van der Waals surface area (Å²) in [7, 11) is -3.66. The molecule has 1 aliphatic rings. The van der Waals surface area contributed by atoms with Crippen LogP contribution in [0.4, 0.5) is 5.00 Å². The van der Waals surface area contributed by atoms with Gasteiger partial charge in [0.15, 0.2) is 5.78 Å². The standard InChI is InChI=1S/C27H30N2O5S2/c1-3-34-27(31)25-23(20-8-5-4-6-9-20)18-35-26(25)28-17-24(30)21-10-7-11-22(16-21)36(32,33)29-14-12-19(2)13-15-29/h4-11,16,18-19,28H,3,12-15,17H2,1-2H3. The maximum Gasteiger partial charge on any atom is 0.341 e. The number of rotatable bonds is 9. The molecule has 1 saturated heterocycles. The number of hydrogen-bond acceptors (Lipinski definition) is 7. The molecule has 0 amide bonds. The van der Waals surface area contributed by atoms with E-state index < -0.39 is 16.0 Å². The highest BCUT2D eigenvalue weighted by molar-refractivity contribution is 7.89. The first kappa shape index (κ1) is 26.1. The summed E-state index contributed by atoms with van der Waals surface area (Å²) in [6.07, 6.45) is 1.66. The minimum atomic E-state index is -3.66. The SMILES string of the molecule is CCOC(=O)c1c(-c2ccccc2)csc1NCC(=O)c1cccc(S(=O)(=O)N2CCC(C)CC2)c1. The number of ether oxygens (including phenoxy) is 1. The van der Waals surface area contributed by atoms with E-state index in [0.717, 1.165) is 24.0 Å². The van der Waals surface area contributed by atoms with Gasteiger partial charge < -0.3 is 10.1 Å². The summed E-state index contributed by atoms with van der Waals surface area (Å²) < 4.78 is 33.0. The lowest BCUT2D eigenvalue weighted by Gasteiger charge is -2.29. The van der Waals surface area contributed by atoms with Crippen LogP contribution < -0.4 is 5.32 Å². The van der Waals surface area contributed by atoms with E-state index in [-0.39, 0.29) is 23.8 Å². The summed E-state index contributed by atoms with van der Waals surface area (Å²) in [6, 6.07) is 15.7. The first-order chi connectivity index (χ1) is 17.3. The monoisotopic (exact) mass is 526 g/mol. The van der Waals surface area contributed by atoms with Crippen LogP contribution in [0, 0.1) is 5.92 Å². The average Bonchev–Trinajstić information content (AvgIpc) is 3.32. The molecule has 0 unspecified atom stereocenters. The smallest absolute Gasteiger partial charge is 0.341 e. The molecule has 2 heterocycles. The zero-order valence-electron chi connectivity index (χ0n) is 20.4. The second-order valence-corrected chi connectivity index (χ2v) is 11.6. The second-order valence-electron chi connectivity index (χ2n) is 8.83. The van der Waals surface area contributed by atoms with Crippen molar-refractivity contribution in [1.29, 1.82) is 0 Å². The molecule has 36 heavy (non-hydrogen) atoms. The highest BCUT2D eigenvalue weighted by Crippen LogP contribution is 2.36. The minimum Gasteiger partial charge on any atom is -0.462 e. The van der Waals surface area contributed by atoms with Crippen LogP contribution in [-0.4, -0.2) is 50.7 Å². The third-order valence-electron chi connectivity index (χ3n) is 6.30. The van der Waals surface area contributed by atoms with Crippen molar-refractivity contribution in [2.24, 2.45) is 5.92 Å². The quantitative estimate of drug-likeness (QED) is 0.300. The van der Waals surface area contributed by atoms with Gasteiger partial charge in [-0.2, -0.15) is 4.31 Å². The van der Waals surface area contributed by atoms with Gasteiger partial charge in [-0.3, -0.25) is 4.79 Å². The van der Waals surface area contributed by atoms with E-state index in [9.17, 15) is 18.0 Å². The lowest BCUT2D eigenvalue weighted by molar-refractivity contribution is 0.0528. The van der Waals surface area contributed by atoms with Gasteiger partial charge in [0.1, 0.15) is 10.6 Å². The summed E-state index contributed by atoms with van der Waals surface area (Å²) in [6.45, 7) is 4.99. The number of anilines is 1. The van der Waals surface area contributed by atoms with Gasteiger partial charge in [-0.25, -0.2) is 13.2 Å². The number of carbonyl (C=O) groups excluding carboxylic acids is 2. The Morgan fingerprint density at radius 1 is 1.08 bits per heavy atom. The van der Waals surface area contributed by atoms with Crippen molar-refractivity contribution in [3.8, 4) is 11.1 Å². The Balaban J connectivity index is 1.52. The second kappa shape index (κ2) is 11.4. The number of nitrogens with one attached hydrogen (secondary N) is 1. The lowest BCUT2D eigenvalue weighted by atomic mass is 10.0. The molecule has 1 aromatic heterocycles. The Bertz CT molecular complexity index is 1330. The first-order valence-electron chi connectivity index (χ1n) is 12.0. The van der Waals surface area contributed by atoms with Gasteiger partial charge in [-0.15, -0.1) is 11.3 Å². The van der Waals surface area contributed by atoms with E-state index in [2.05, 4.69) is 12.2 Å². The van der Waals surface area contributed by atoms with Crippen molar-refractivity contribution in [1.82, 2.24) is 4.31 Å². The topological polar surface area (TPSA) is 92.8 Å². The van der Waals surface area contributed by atoms with Gasteiger partial charge in [-0.05, 0) is 43.4 Å². The number of sulfonamides is 1. The van der Waals surface area contributed by atoms with E-state index in [0.29, 0.717) is 35.1 Å². The zero-order valence-corrected chi connectivity index (χ0v) is 22.0. The van der Waals surface area contributed by atoms with Crippen LogP contribution in [0.15, 0.2) is 64.9 Å². The molecule has 190 valence electrons. The molecule has 7 nitrogen and oxygen atoms in total. The molecule has 0 radical (unpaired) electrons. The summed E-state index contributed by atoms with van der Waals surface area (Å²) in [5.74, 6) is -0.227. The molecule has 1 aliphatic heterocycles. The normalized spacial score (nSPS) is 14.9. The molecule has 0 aliphatic carbocycles. The van der Waals surface area contributed by atoms with Crippen molar-refractivity contribution in [2.75, 3.05) is 31.6 Å². The number of ketones is 1. The number of hydrogen-bond donors (Lipinski definition) is 1. The number of esters is 1. The first-order valence-corrected chi connectivity index (χ1v) is 14.3. The minimum absolute atomic E-state index is 0.0914. The summed E-state index contributed by atoms with van der Waals surface area (Å²) >= 11 is 1.32. The number of carbonyl (C=O) groups is 2. The van der Waals surface area contributed by atoms with E-state index in [1.807, 2.05) is 35.7 Å². The van der Waals surface area contributed by atoms with Gasteiger partial charge in [0.2, 0.25) is 10.0 Å². The van der Waals surface area contributed by atoms with Crippen LogP contribution in [0.2, 0.25) is 0 Å². The summed E-state index contributed by atoms with van der Waals surface area (Å²) in [4.78, 5) is 25.9. The largest absolute Gasteiger partial charge is 0.462 e. The molecule has 1 N–H and O–H groups in total. The maximum absolute atomic E-state index is 13.1. The number of piperidine rings is 1. The Morgan fingerprint density at radius 2 is 1.81 bits per heavy atom. The van der Waals surface area contributed by atoms with Crippen LogP contribution in [0.1, 0.15) is 47.4 Å². The fourth-order valence-corrected chi connectivity index (χ4v) is 6.66. The Kier molecular flexibility index (Phi) is 8.23. The third-order valence-corrected chi connectivity index (χ3v) is 9.13. The molecule has 0 atom stereocenters. The van der Waals surface area contributed by atoms with Gasteiger partial charge in [0.05, 0.1) is 18.0 Å². The number of benzene rings is 2. The number of thiophene rings is 1. The van der Waals surface area contributed by atoms with Crippen molar-refractivity contribution < 1.29 is 22.7 Å². The number of Topliss-reactive ketones (excluding diaryl/α,β-unsaturated/α-hetero) is 1. The molecule has 1 fully saturated rings. The van der Waals surface area contributed by atoms with Crippen LogP contribution in [0.25, 0.3) is 11.1 Å². The fraction of sp³-hybridized carbons (Fsp3) is 0.333. The zero-order chi connectivity index (χ0) is 25.7.